The Morgan fingerprint density at radius 1 is 1.31 bits per heavy atom. The van der Waals surface area contributed by atoms with Crippen LogP contribution in [0.1, 0.15) is 24.5 Å². The van der Waals surface area contributed by atoms with Gasteiger partial charge in [0.25, 0.3) is 0 Å². The maximum Gasteiger partial charge on any atom is 0.128 e. The van der Waals surface area contributed by atoms with Crippen molar-refractivity contribution in [1.82, 2.24) is 19.5 Å². The number of ether oxygens (including phenoxy) is 1. The lowest BCUT2D eigenvalue weighted by atomic mass is 9.87. The molecule has 3 aromatic heterocycles. The smallest absolute Gasteiger partial charge is 0.128 e. The quantitative estimate of drug-likeness (QED) is 0.398. The summed E-state index contributed by atoms with van der Waals surface area (Å²) in [6.07, 6.45) is 9.81. The summed E-state index contributed by atoms with van der Waals surface area (Å²) in [7, 11) is 1.70. The minimum absolute atomic E-state index is 0.515. The van der Waals surface area contributed by atoms with E-state index in [9.17, 15) is 5.26 Å². The Morgan fingerprint density at radius 2 is 2.14 bits per heavy atom. The Hall–Kier alpha value is -3.74. The topological polar surface area (TPSA) is 108 Å². The molecule has 3 aliphatic heterocycles. The van der Waals surface area contributed by atoms with Crippen molar-refractivity contribution in [2.75, 3.05) is 44.8 Å². The lowest BCUT2D eigenvalue weighted by Gasteiger charge is -2.56. The number of nitrogens with two attached hydrogens (primary N) is 1. The largest absolute Gasteiger partial charge is 0.404 e. The third-order valence-electron chi connectivity index (χ3n) is 6.94. The van der Waals surface area contributed by atoms with Crippen LogP contribution < -0.4 is 10.6 Å². The predicted octanol–water partition coefficient (Wildman–Crippen LogP) is 2.57. The number of nitriles is 1. The second-order valence-corrected chi connectivity index (χ2v) is 8.90. The minimum Gasteiger partial charge on any atom is -0.404 e. The standard InChI is InChI=1S/C26H30N8O/c1-3-35-7-6-33-22-9-23(33)17-32(16-22)25-5-4-18(13-30-25)24-8-19(20(10-27)12-29-2)15-34-26(24)21(11-28)14-31-34/h4-5,8,10,12-15,22-23H,3,6-7,9,16-17,27H2,1-2H3. The summed E-state index contributed by atoms with van der Waals surface area (Å²) >= 11 is 0. The number of piperidine rings is 1. The van der Waals surface area contributed by atoms with E-state index in [1.165, 1.54) is 12.6 Å². The molecule has 9 heteroatoms. The third-order valence-corrected chi connectivity index (χ3v) is 6.94. The third kappa shape index (κ3) is 4.27. The molecule has 2 unspecified atom stereocenters. The van der Waals surface area contributed by atoms with Gasteiger partial charge in [0.15, 0.2) is 0 Å². The molecule has 180 valence electrons. The Bertz CT molecular complexity index is 1290. The van der Waals surface area contributed by atoms with Crippen molar-refractivity contribution in [3.63, 3.8) is 0 Å². The highest BCUT2D eigenvalue weighted by molar-refractivity contribution is 6.10. The fourth-order valence-corrected chi connectivity index (χ4v) is 5.22. The number of fused-ring (bicyclic) bond motifs is 3. The van der Waals surface area contributed by atoms with Crippen LogP contribution in [-0.4, -0.2) is 77.7 Å². The Balaban J connectivity index is 1.42. The van der Waals surface area contributed by atoms with Crippen molar-refractivity contribution < 1.29 is 4.74 Å². The van der Waals surface area contributed by atoms with E-state index < -0.39 is 0 Å². The highest BCUT2D eigenvalue weighted by Gasteiger charge is 2.44. The van der Waals surface area contributed by atoms with Crippen molar-refractivity contribution in [3.05, 3.63) is 54.1 Å². The second-order valence-electron chi connectivity index (χ2n) is 8.90. The first-order chi connectivity index (χ1) is 17.2. The zero-order chi connectivity index (χ0) is 24.4. The van der Waals surface area contributed by atoms with Crippen molar-refractivity contribution in [3.8, 4) is 17.2 Å². The van der Waals surface area contributed by atoms with Gasteiger partial charge in [-0.3, -0.25) is 9.89 Å². The average molecular weight is 471 g/mol. The van der Waals surface area contributed by atoms with Crippen LogP contribution in [0.15, 0.2) is 48.0 Å². The van der Waals surface area contributed by atoms with Gasteiger partial charge in [-0.15, -0.1) is 0 Å². The number of nitrogens with zero attached hydrogens (tertiary/aromatic N) is 7. The van der Waals surface area contributed by atoms with Crippen molar-refractivity contribution in [2.45, 2.75) is 25.4 Å². The number of aromatic nitrogens is 3. The molecule has 0 spiro atoms. The van der Waals surface area contributed by atoms with Gasteiger partial charge in [0.2, 0.25) is 0 Å². The highest BCUT2D eigenvalue weighted by Crippen LogP contribution is 2.35. The van der Waals surface area contributed by atoms with Gasteiger partial charge in [0, 0.05) is 92.4 Å². The number of hydrogen-bond acceptors (Lipinski definition) is 8. The Labute approximate surface area is 205 Å². The molecule has 0 saturated carbocycles. The van der Waals surface area contributed by atoms with Gasteiger partial charge in [-0.25, -0.2) is 9.50 Å². The SMILES string of the molecule is CCOCCN1C2CC1CN(c1ccc(-c3cc(C(C=NC)=CN)cn4ncc(C#N)c34)cn1)C2. The van der Waals surface area contributed by atoms with Crippen LogP contribution >= 0.6 is 0 Å². The number of piperazine rings is 1. The normalized spacial score (nSPS) is 20.4. The fourth-order valence-electron chi connectivity index (χ4n) is 5.22. The fraction of sp³-hybridized carbons (Fsp3) is 0.385. The van der Waals surface area contributed by atoms with Crippen LogP contribution in [0.2, 0.25) is 0 Å². The molecule has 2 N–H and O–H groups in total. The van der Waals surface area contributed by atoms with Crippen LogP contribution in [0, 0.1) is 11.3 Å². The van der Waals surface area contributed by atoms with Crippen molar-refractivity contribution in [2.24, 2.45) is 10.7 Å². The maximum absolute atomic E-state index is 9.65. The van der Waals surface area contributed by atoms with E-state index in [1.807, 2.05) is 25.4 Å². The molecule has 6 heterocycles. The highest BCUT2D eigenvalue weighted by atomic mass is 16.5. The van der Waals surface area contributed by atoms with E-state index in [1.54, 1.807) is 24.0 Å². The van der Waals surface area contributed by atoms with Gasteiger partial charge in [0.1, 0.15) is 11.9 Å². The van der Waals surface area contributed by atoms with Gasteiger partial charge in [0.05, 0.1) is 23.9 Å². The molecule has 6 rings (SSSR count). The molecule has 0 aliphatic carbocycles. The number of hydrogen-bond donors (Lipinski definition) is 1. The molecule has 3 saturated heterocycles. The van der Waals surface area contributed by atoms with Gasteiger partial charge >= 0.3 is 0 Å². The molecular formula is C26H30N8O. The summed E-state index contributed by atoms with van der Waals surface area (Å²) in [5, 5.41) is 14.0. The van der Waals surface area contributed by atoms with Gasteiger partial charge in [-0.05, 0) is 31.5 Å². The molecule has 2 bridgehead atoms. The average Bonchev–Trinajstić information content (AvgIpc) is 3.32. The van der Waals surface area contributed by atoms with Crippen LogP contribution in [0.5, 0.6) is 0 Å². The van der Waals surface area contributed by atoms with E-state index in [2.05, 4.69) is 38.1 Å². The van der Waals surface area contributed by atoms with E-state index >= 15 is 0 Å². The number of rotatable bonds is 8. The molecule has 3 aromatic rings. The van der Waals surface area contributed by atoms with Crippen LogP contribution in [0.3, 0.4) is 0 Å². The number of aliphatic imine (C=N–C) groups is 1. The van der Waals surface area contributed by atoms with Crippen LogP contribution in [-0.2, 0) is 4.74 Å². The predicted molar refractivity (Wildman–Crippen MR) is 137 cm³/mol. The Kier molecular flexibility index (Phi) is 6.49. The van der Waals surface area contributed by atoms with Gasteiger partial charge in [-0.1, -0.05) is 0 Å². The molecule has 2 atom stereocenters. The molecule has 3 aliphatic rings. The molecule has 0 aromatic carbocycles. The monoisotopic (exact) mass is 470 g/mol. The molecule has 3 fully saturated rings. The summed E-state index contributed by atoms with van der Waals surface area (Å²) in [5.41, 5.74) is 10.5. The van der Waals surface area contributed by atoms with E-state index in [-0.39, 0.29) is 0 Å². The summed E-state index contributed by atoms with van der Waals surface area (Å²) < 4.78 is 7.27. The zero-order valence-electron chi connectivity index (χ0n) is 20.1. The maximum atomic E-state index is 9.65. The zero-order valence-corrected chi connectivity index (χ0v) is 20.1. The lowest BCUT2D eigenvalue weighted by Crippen LogP contribution is -2.69. The molecule has 35 heavy (non-hydrogen) atoms. The summed E-state index contributed by atoms with van der Waals surface area (Å²) in [4.78, 5) is 13.9. The van der Waals surface area contributed by atoms with Gasteiger partial charge < -0.3 is 15.4 Å². The second kappa shape index (κ2) is 9.86. The molecule has 0 radical (unpaired) electrons. The molecule has 9 nitrogen and oxygen atoms in total. The molecule has 0 amide bonds. The first-order valence-electron chi connectivity index (χ1n) is 12.0. The van der Waals surface area contributed by atoms with Crippen LogP contribution in [0.25, 0.3) is 22.2 Å². The number of pyridine rings is 2. The summed E-state index contributed by atoms with van der Waals surface area (Å²) in [6.45, 7) is 6.58. The van der Waals surface area contributed by atoms with Gasteiger partial charge in [-0.2, -0.15) is 10.4 Å². The van der Waals surface area contributed by atoms with E-state index in [0.29, 0.717) is 17.6 Å². The van der Waals surface area contributed by atoms with Crippen LogP contribution in [0.4, 0.5) is 5.82 Å². The summed E-state index contributed by atoms with van der Waals surface area (Å²) in [5.74, 6) is 0.981. The van der Waals surface area contributed by atoms with E-state index in [0.717, 1.165) is 66.4 Å². The van der Waals surface area contributed by atoms with Crippen molar-refractivity contribution >= 4 is 23.1 Å². The van der Waals surface area contributed by atoms with Crippen molar-refractivity contribution in [1.29, 1.82) is 5.26 Å². The first kappa shape index (κ1) is 23.0. The molecular weight excluding hydrogens is 440 g/mol. The lowest BCUT2D eigenvalue weighted by molar-refractivity contribution is -0.0223. The summed E-state index contributed by atoms with van der Waals surface area (Å²) in [6, 6.07) is 9.55. The van der Waals surface area contributed by atoms with E-state index in [4.69, 9.17) is 15.5 Å². The number of anilines is 1. The number of allylic oxidation sites excluding steroid dienone is 1. The Morgan fingerprint density at radius 3 is 2.80 bits per heavy atom. The minimum atomic E-state index is 0.515. The first-order valence-corrected chi connectivity index (χ1v) is 12.0.